The summed E-state index contributed by atoms with van der Waals surface area (Å²) < 4.78 is 5.38. The molecule has 3 aromatic rings. The highest BCUT2D eigenvalue weighted by atomic mass is 35.5. The Morgan fingerprint density at radius 2 is 1.25 bits per heavy atom. The van der Waals surface area contributed by atoms with Gasteiger partial charge in [0.05, 0.1) is 0 Å². The molecule has 0 saturated heterocycles. The lowest BCUT2D eigenvalue weighted by molar-refractivity contribution is 0.435. The molecule has 24 heavy (non-hydrogen) atoms. The molecule has 0 aliphatic carbocycles. The van der Waals surface area contributed by atoms with Crippen molar-refractivity contribution in [1.29, 1.82) is 10.8 Å². The van der Waals surface area contributed by atoms with Gasteiger partial charge < -0.3 is 16.0 Å². The van der Waals surface area contributed by atoms with Gasteiger partial charge in [0.25, 0.3) is 0 Å². The van der Waals surface area contributed by atoms with E-state index >= 15 is 0 Å². The van der Waals surface area contributed by atoms with E-state index in [4.69, 9.17) is 26.8 Å². The number of hydrogen-bond donors (Lipinski definition) is 4. The molecular weight excluding hydrogens is 326 g/mol. The average Bonchev–Trinajstić information content (AvgIpc) is 3.05. The molecule has 3 rings (SSSR count). The summed E-state index contributed by atoms with van der Waals surface area (Å²) in [6, 6.07) is 16.3. The number of nitrogens with two attached hydrogens (primary N) is 2. The van der Waals surface area contributed by atoms with Crippen LogP contribution in [0.25, 0.3) is 22.6 Å². The summed E-state index contributed by atoms with van der Waals surface area (Å²) >= 11 is 0. The molecule has 0 radical (unpaired) electrons. The molecule has 6 nitrogen and oxygen atoms in total. The lowest BCUT2D eigenvalue weighted by Gasteiger charge is -1.99. The molecule has 0 saturated carbocycles. The van der Waals surface area contributed by atoms with E-state index in [1.54, 1.807) is 24.3 Å². The number of amidine groups is 2. The topological polar surface area (TPSA) is 126 Å². The lowest BCUT2D eigenvalue weighted by atomic mass is 10.1. The first kappa shape index (κ1) is 17.2. The molecule has 0 amide bonds. The van der Waals surface area contributed by atoms with Crippen molar-refractivity contribution >= 4 is 24.1 Å². The molecule has 0 spiro atoms. The fourth-order valence-corrected chi connectivity index (χ4v) is 2.18. The van der Waals surface area contributed by atoms with E-state index in [1.807, 2.05) is 30.3 Å². The predicted molar refractivity (Wildman–Crippen MR) is 96.7 cm³/mol. The largest absolute Gasteiger partial charge is 0.384 e. The third kappa shape index (κ3) is 3.44. The van der Waals surface area contributed by atoms with Gasteiger partial charge in [0.1, 0.15) is 17.4 Å². The second-order valence-electron chi connectivity index (χ2n) is 5.06. The summed E-state index contributed by atoms with van der Waals surface area (Å²) in [6.45, 7) is 0. The van der Waals surface area contributed by atoms with Gasteiger partial charge in [-0.1, -0.05) is 53.7 Å². The molecule has 122 valence electrons. The highest BCUT2D eigenvalue weighted by Crippen LogP contribution is 2.26. The van der Waals surface area contributed by atoms with Crippen molar-refractivity contribution in [3.8, 4) is 22.6 Å². The molecule has 1 aromatic heterocycles. The molecule has 7 heteroatoms. The van der Waals surface area contributed by atoms with E-state index in [1.165, 1.54) is 0 Å². The minimum Gasteiger partial charge on any atom is -0.384 e. The number of nitrogen functional groups attached to an aromatic ring is 2. The molecule has 6 N–H and O–H groups in total. The smallest absolute Gasteiger partial charge is 0.167 e. The van der Waals surface area contributed by atoms with Crippen LogP contribution in [0.5, 0.6) is 0 Å². The maximum absolute atomic E-state index is 7.39. The summed E-state index contributed by atoms with van der Waals surface area (Å²) in [5.74, 6) is 0.689. The van der Waals surface area contributed by atoms with Crippen molar-refractivity contribution in [3.63, 3.8) is 0 Å². The number of benzene rings is 2. The van der Waals surface area contributed by atoms with Gasteiger partial charge in [-0.3, -0.25) is 10.8 Å². The quantitative estimate of drug-likeness (QED) is 0.429. The van der Waals surface area contributed by atoms with Gasteiger partial charge >= 0.3 is 0 Å². The molecule has 1 heterocycles. The first-order valence-electron chi connectivity index (χ1n) is 6.91. The molecule has 2 aromatic carbocycles. The molecule has 0 unspecified atom stereocenters. The monoisotopic (exact) mass is 341 g/mol. The van der Waals surface area contributed by atoms with Gasteiger partial charge in [-0.25, -0.2) is 0 Å². The molecule has 0 aliphatic rings. The molecule has 0 fully saturated rings. The summed E-state index contributed by atoms with van der Waals surface area (Å²) in [5, 5.41) is 18.9. The molecule has 0 atom stereocenters. The maximum atomic E-state index is 7.39. The Morgan fingerprint density at radius 1 is 0.792 bits per heavy atom. The van der Waals surface area contributed by atoms with E-state index < -0.39 is 0 Å². The number of rotatable bonds is 4. The summed E-state index contributed by atoms with van der Waals surface area (Å²) in [4.78, 5) is 0. The van der Waals surface area contributed by atoms with E-state index in [2.05, 4.69) is 5.16 Å². The minimum absolute atomic E-state index is 0. The number of nitrogens with one attached hydrogen (secondary N) is 2. The number of aromatic nitrogens is 1. The first-order chi connectivity index (χ1) is 11.0. The van der Waals surface area contributed by atoms with Gasteiger partial charge in [-0.15, -0.1) is 12.4 Å². The van der Waals surface area contributed by atoms with Gasteiger partial charge in [0.2, 0.25) is 0 Å². The Morgan fingerprint density at radius 3 is 1.71 bits per heavy atom. The van der Waals surface area contributed by atoms with Crippen molar-refractivity contribution in [2.24, 2.45) is 11.5 Å². The Labute approximate surface area is 144 Å². The predicted octanol–water partition coefficient (Wildman–Crippen LogP) is 3.00. The summed E-state index contributed by atoms with van der Waals surface area (Å²) in [7, 11) is 0. The van der Waals surface area contributed by atoms with E-state index in [9.17, 15) is 0 Å². The summed E-state index contributed by atoms with van der Waals surface area (Å²) in [5.41, 5.74) is 14.6. The van der Waals surface area contributed by atoms with E-state index in [0.717, 1.165) is 11.1 Å². The maximum Gasteiger partial charge on any atom is 0.167 e. The van der Waals surface area contributed by atoms with Crippen LogP contribution in [0, 0.1) is 10.8 Å². The molecule has 0 bridgehead atoms. The van der Waals surface area contributed by atoms with Crippen molar-refractivity contribution < 1.29 is 4.52 Å². The standard InChI is InChI=1S/C17H15N5O.ClH/c18-16(19)12-5-1-10(2-6-12)14-9-15(23-22-14)11-3-7-13(8-4-11)17(20)21;/h1-9H,(H3,18,19)(H3,20,21);1H. The fraction of sp³-hybridized carbons (Fsp3) is 0. The number of halogens is 1. The van der Waals surface area contributed by atoms with Crippen molar-refractivity contribution in [1.82, 2.24) is 5.16 Å². The zero-order valence-corrected chi connectivity index (χ0v) is 13.4. The minimum atomic E-state index is 0. The fourth-order valence-electron chi connectivity index (χ4n) is 2.18. The Kier molecular flexibility index (Phi) is 5.01. The van der Waals surface area contributed by atoms with Crippen molar-refractivity contribution in [2.45, 2.75) is 0 Å². The SMILES string of the molecule is Cl.N=C(N)c1ccc(-c2cc(-c3ccc(C(=N)N)cc3)on2)cc1. The Balaban J connectivity index is 0.00000208. The van der Waals surface area contributed by atoms with Crippen molar-refractivity contribution in [2.75, 3.05) is 0 Å². The van der Waals surface area contributed by atoms with E-state index in [-0.39, 0.29) is 24.1 Å². The lowest BCUT2D eigenvalue weighted by Crippen LogP contribution is -2.10. The third-order valence-corrected chi connectivity index (χ3v) is 3.48. The highest BCUT2D eigenvalue weighted by Gasteiger charge is 2.09. The van der Waals surface area contributed by atoms with Crippen molar-refractivity contribution in [3.05, 3.63) is 65.7 Å². The Hall–Kier alpha value is -3.12. The number of hydrogen-bond acceptors (Lipinski definition) is 4. The van der Waals surface area contributed by atoms with Crippen LogP contribution in [0.4, 0.5) is 0 Å². The van der Waals surface area contributed by atoms with Crippen LogP contribution in [0.1, 0.15) is 11.1 Å². The normalized spacial score (nSPS) is 10.0. The van der Waals surface area contributed by atoms with Gasteiger partial charge in [-0.2, -0.15) is 0 Å². The van der Waals surface area contributed by atoms with Crippen LogP contribution in [0.2, 0.25) is 0 Å². The van der Waals surface area contributed by atoms with Gasteiger partial charge in [0, 0.05) is 28.3 Å². The first-order valence-corrected chi connectivity index (χ1v) is 6.91. The number of nitrogens with zero attached hydrogens (tertiary/aromatic N) is 1. The zero-order chi connectivity index (χ0) is 16.4. The van der Waals surface area contributed by atoms with Crippen LogP contribution >= 0.6 is 12.4 Å². The highest BCUT2D eigenvalue weighted by molar-refractivity contribution is 5.95. The van der Waals surface area contributed by atoms with Gasteiger partial charge in [0.15, 0.2) is 5.76 Å². The van der Waals surface area contributed by atoms with Crippen LogP contribution in [0.3, 0.4) is 0 Å². The van der Waals surface area contributed by atoms with Crippen LogP contribution in [-0.2, 0) is 0 Å². The third-order valence-electron chi connectivity index (χ3n) is 3.48. The molecular formula is C17H16ClN5O. The van der Waals surface area contributed by atoms with Crippen LogP contribution in [0.15, 0.2) is 59.1 Å². The molecule has 0 aliphatic heterocycles. The van der Waals surface area contributed by atoms with E-state index in [0.29, 0.717) is 22.6 Å². The van der Waals surface area contributed by atoms with Gasteiger partial charge in [-0.05, 0) is 0 Å². The Bertz CT molecular complexity index is 797. The zero-order valence-electron chi connectivity index (χ0n) is 12.6. The van der Waals surface area contributed by atoms with Crippen LogP contribution in [-0.4, -0.2) is 16.8 Å². The average molecular weight is 342 g/mol. The van der Waals surface area contributed by atoms with Crippen LogP contribution < -0.4 is 11.5 Å². The second kappa shape index (κ2) is 6.97. The summed E-state index contributed by atoms with van der Waals surface area (Å²) in [6.07, 6.45) is 0. The second-order valence-corrected chi connectivity index (χ2v) is 5.06.